The number of hydrogen-bond acceptors (Lipinski definition) is 5. The van der Waals surface area contributed by atoms with Crippen LogP contribution in [0.4, 0.5) is 0 Å². The number of fused-ring (bicyclic) bond motifs is 1. The van der Waals surface area contributed by atoms with Crippen molar-refractivity contribution in [3.63, 3.8) is 0 Å². The number of carbonyl (C=O) groups excluding carboxylic acids is 1. The number of furan rings is 1. The highest BCUT2D eigenvalue weighted by Gasteiger charge is 2.33. The molecule has 0 radical (unpaired) electrons. The third-order valence-electron chi connectivity index (χ3n) is 5.44. The fourth-order valence-corrected chi connectivity index (χ4v) is 3.88. The number of benzene rings is 2. The number of piperidine rings is 1. The van der Waals surface area contributed by atoms with E-state index in [-0.39, 0.29) is 18.4 Å². The summed E-state index contributed by atoms with van der Waals surface area (Å²) in [5.74, 6) is 0.689. The zero-order valence-corrected chi connectivity index (χ0v) is 16.4. The Morgan fingerprint density at radius 3 is 2.76 bits per heavy atom. The Morgan fingerprint density at radius 2 is 2.03 bits per heavy atom. The number of aliphatic hydroxyl groups excluding tert-OH is 2. The molecule has 6 nitrogen and oxygen atoms in total. The minimum Gasteiger partial charge on any atom is -0.494 e. The van der Waals surface area contributed by atoms with E-state index in [1.165, 1.54) is 0 Å². The lowest BCUT2D eigenvalue weighted by molar-refractivity contribution is 0.00353. The second-order valence-electron chi connectivity index (χ2n) is 7.31. The normalized spacial score (nSPS) is 19.5. The maximum atomic E-state index is 13.6. The maximum absolute atomic E-state index is 13.6. The van der Waals surface area contributed by atoms with Gasteiger partial charge in [0.05, 0.1) is 24.9 Å². The topological polar surface area (TPSA) is 83.1 Å². The molecular weight excluding hydrogens is 370 g/mol. The van der Waals surface area contributed by atoms with Crippen LogP contribution in [0.5, 0.6) is 5.75 Å². The molecule has 152 valence electrons. The van der Waals surface area contributed by atoms with E-state index in [0.717, 1.165) is 5.56 Å². The van der Waals surface area contributed by atoms with Gasteiger partial charge < -0.3 is 24.3 Å². The first-order valence-electron chi connectivity index (χ1n) is 9.95. The summed E-state index contributed by atoms with van der Waals surface area (Å²) in [6.07, 6.45) is -0.152. The molecule has 0 aliphatic carbocycles. The van der Waals surface area contributed by atoms with E-state index in [1.807, 2.05) is 55.5 Å². The van der Waals surface area contributed by atoms with Crippen LogP contribution in [0.15, 0.2) is 52.9 Å². The Morgan fingerprint density at radius 1 is 1.24 bits per heavy atom. The Balaban J connectivity index is 1.81. The quantitative estimate of drug-likeness (QED) is 0.693. The number of nitrogens with zero attached hydrogens (tertiary/aromatic N) is 1. The van der Waals surface area contributed by atoms with E-state index in [4.69, 9.17) is 9.15 Å². The third-order valence-corrected chi connectivity index (χ3v) is 5.44. The third kappa shape index (κ3) is 3.73. The molecule has 0 saturated carbocycles. The molecule has 1 aliphatic heterocycles. The fraction of sp³-hybridized carbons (Fsp3) is 0.348. The standard InChI is InChI=1S/C23H25NO5/c1-2-28-17-8-9-20-18(12-17)21(22(29-20)15-6-4-3-5-7-15)23(27)24-11-10-19(26)16(13-24)14-25/h3-9,12,16,19,25-26H,2,10-11,13-14H2,1H3/t16-,19-/m0/s1. The predicted molar refractivity (Wildman–Crippen MR) is 110 cm³/mol. The number of amides is 1. The van der Waals surface area contributed by atoms with E-state index in [9.17, 15) is 15.0 Å². The van der Waals surface area contributed by atoms with Gasteiger partial charge in [0.1, 0.15) is 17.1 Å². The first-order chi connectivity index (χ1) is 14.1. The summed E-state index contributed by atoms with van der Waals surface area (Å²) in [7, 11) is 0. The lowest BCUT2D eigenvalue weighted by Crippen LogP contribution is -2.47. The van der Waals surface area contributed by atoms with Crippen LogP contribution in [0.3, 0.4) is 0 Å². The number of rotatable bonds is 5. The summed E-state index contributed by atoms with van der Waals surface area (Å²) >= 11 is 0. The highest BCUT2D eigenvalue weighted by molar-refractivity contribution is 6.11. The second kappa shape index (κ2) is 8.27. The number of ether oxygens (including phenoxy) is 1. The minimum absolute atomic E-state index is 0.156. The maximum Gasteiger partial charge on any atom is 0.258 e. The summed E-state index contributed by atoms with van der Waals surface area (Å²) in [6.45, 7) is 3.03. The molecule has 2 heterocycles. The molecule has 29 heavy (non-hydrogen) atoms. The van der Waals surface area contributed by atoms with Crippen molar-refractivity contribution < 1.29 is 24.2 Å². The lowest BCUT2D eigenvalue weighted by Gasteiger charge is -2.35. The van der Waals surface area contributed by atoms with Crippen molar-refractivity contribution in [3.05, 3.63) is 54.1 Å². The number of hydrogen-bond donors (Lipinski definition) is 2. The molecule has 3 aromatic rings. The van der Waals surface area contributed by atoms with E-state index in [0.29, 0.717) is 54.2 Å². The van der Waals surface area contributed by atoms with E-state index >= 15 is 0 Å². The Kier molecular flexibility index (Phi) is 5.56. The average Bonchev–Trinajstić information content (AvgIpc) is 3.13. The average molecular weight is 395 g/mol. The molecule has 1 amide bonds. The van der Waals surface area contributed by atoms with Crippen LogP contribution in [0, 0.1) is 5.92 Å². The molecule has 1 aliphatic rings. The fourth-order valence-electron chi connectivity index (χ4n) is 3.88. The van der Waals surface area contributed by atoms with Crippen LogP contribution in [-0.2, 0) is 0 Å². The first-order valence-corrected chi connectivity index (χ1v) is 9.95. The van der Waals surface area contributed by atoms with Gasteiger partial charge in [0.15, 0.2) is 0 Å². The van der Waals surface area contributed by atoms with Gasteiger partial charge in [-0.25, -0.2) is 0 Å². The van der Waals surface area contributed by atoms with E-state index < -0.39 is 6.10 Å². The van der Waals surface area contributed by atoms with Crippen molar-refractivity contribution in [2.75, 3.05) is 26.3 Å². The van der Waals surface area contributed by atoms with Crippen LogP contribution in [0.25, 0.3) is 22.3 Å². The largest absolute Gasteiger partial charge is 0.494 e. The van der Waals surface area contributed by atoms with Crippen molar-refractivity contribution in [1.82, 2.24) is 4.90 Å². The summed E-state index contributed by atoms with van der Waals surface area (Å²) in [5, 5.41) is 20.3. The summed E-state index contributed by atoms with van der Waals surface area (Å²) in [6, 6.07) is 15.0. The van der Waals surface area contributed by atoms with Crippen LogP contribution >= 0.6 is 0 Å². The van der Waals surface area contributed by atoms with Crippen molar-refractivity contribution in [2.45, 2.75) is 19.4 Å². The number of aliphatic hydroxyl groups is 2. The van der Waals surface area contributed by atoms with Gasteiger partial charge >= 0.3 is 0 Å². The lowest BCUT2D eigenvalue weighted by atomic mass is 9.94. The van der Waals surface area contributed by atoms with E-state index in [2.05, 4.69) is 0 Å². The molecule has 1 saturated heterocycles. The molecular formula is C23H25NO5. The molecule has 2 atom stereocenters. The number of carbonyl (C=O) groups is 1. The second-order valence-corrected chi connectivity index (χ2v) is 7.31. The predicted octanol–water partition coefficient (Wildman–Crippen LogP) is 3.31. The number of likely N-dealkylation sites (tertiary alicyclic amines) is 1. The Labute approximate surface area is 169 Å². The van der Waals surface area contributed by atoms with Gasteiger partial charge in [0, 0.05) is 30.0 Å². The highest BCUT2D eigenvalue weighted by atomic mass is 16.5. The van der Waals surface area contributed by atoms with Gasteiger partial charge in [-0.1, -0.05) is 30.3 Å². The van der Waals surface area contributed by atoms with Gasteiger partial charge in [0.2, 0.25) is 0 Å². The van der Waals surface area contributed by atoms with Gasteiger partial charge in [-0.05, 0) is 31.5 Å². The molecule has 6 heteroatoms. The molecule has 2 N–H and O–H groups in total. The smallest absolute Gasteiger partial charge is 0.258 e. The molecule has 1 aromatic heterocycles. The molecule has 2 aromatic carbocycles. The zero-order chi connectivity index (χ0) is 20.4. The summed E-state index contributed by atoms with van der Waals surface area (Å²) < 4.78 is 11.7. The summed E-state index contributed by atoms with van der Waals surface area (Å²) in [5.41, 5.74) is 1.92. The van der Waals surface area contributed by atoms with Crippen molar-refractivity contribution in [1.29, 1.82) is 0 Å². The first kappa shape index (κ1) is 19.5. The van der Waals surface area contributed by atoms with Gasteiger partial charge in [0.25, 0.3) is 5.91 Å². The van der Waals surface area contributed by atoms with Crippen molar-refractivity contribution >= 4 is 16.9 Å². The van der Waals surface area contributed by atoms with E-state index in [1.54, 1.807) is 4.90 Å². The molecule has 0 bridgehead atoms. The highest BCUT2D eigenvalue weighted by Crippen LogP contribution is 2.37. The van der Waals surface area contributed by atoms with Crippen LogP contribution in [0.1, 0.15) is 23.7 Å². The van der Waals surface area contributed by atoms with Crippen molar-refractivity contribution in [2.24, 2.45) is 5.92 Å². The molecule has 0 spiro atoms. The van der Waals surface area contributed by atoms with Gasteiger partial charge in [-0.3, -0.25) is 4.79 Å². The van der Waals surface area contributed by atoms with Gasteiger partial charge in [-0.15, -0.1) is 0 Å². The monoisotopic (exact) mass is 395 g/mol. The Hall–Kier alpha value is -2.83. The van der Waals surface area contributed by atoms with Crippen molar-refractivity contribution in [3.8, 4) is 17.1 Å². The van der Waals surface area contributed by atoms with Crippen LogP contribution in [0.2, 0.25) is 0 Å². The Bertz CT molecular complexity index is 997. The molecule has 1 fully saturated rings. The molecule has 0 unspecified atom stereocenters. The van der Waals surface area contributed by atoms with Crippen LogP contribution in [-0.4, -0.2) is 53.4 Å². The zero-order valence-electron chi connectivity index (χ0n) is 16.4. The SMILES string of the molecule is CCOc1ccc2oc(-c3ccccc3)c(C(=O)N3CC[C@H](O)[C@H](CO)C3)c2c1. The van der Waals surface area contributed by atoms with Gasteiger partial charge in [-0.2, -0.15) is 0 Å². The molecule has 4 rings (SSSR count). The summed E-state index contributed by atoms with van der Waals surface area (Å²) in [4.78, 5) is 15.3. The van der Waals surface area contributed by atoms with Crippen LogP contribution < -0.4 is 4.74 Å². The minimum atomic E-state index is -0.594.